The highest BCUT2D eigenvalue weighted by Gasteiger charge is 2.36. The van der Waals surface area contributed by atoms with Crippen LogP contribution in [-0.2, 0) is 20.8 Å². The molecule has 0 aromatic heterocycles. The van der Waals surface area contributed by atoms with Gasteiger partial charge in [0.2, 0.25) is 0 Å². The first-order valence-electron chi connectivity index (χ1n) is 9.35. The molecular weight excluding hydrogens is 370 g/mol. The van der Waals surface area contributed by atoms with Crippen LogP contribution in [0.1, 0.15) is 18.4 Å². The fraction of sp³-hybridized carbons (Fsp3) is 0.526. The monoisotopic (exact) mass is 391 g/mol. The van der Waals surface area contributed by atoms with Gasteiger partial charge in [-0.05, 0) is 36.6 Å². The largest absolute Gasteiger partial charge is 0.480 e. The molecule has 3 aliphatic rings. The first kappa shape index (κ1) is 18.1. The Morgan fingerprint density at radius 2 is 1.48 bits per heavy atom. The van der Waals surface area contributed by atoms with Crippen LogP contribution < -0.4 is 4.74 Å². The minimum atomic E-state index is -0.549. The summed E-state index contributed by atoms with van der Waals surface area (Å²) in [6.07, 6.45) is 1.86. The molecule has 0 radical (unpaired) electrons. The third-order valence-corrected chi connectivity index (χ3v) is 5.66. The molecule has 2 saturated heterocycles. The zero-order valence-corrected chi connectivity index (χ0v) is 15.8. The first-order valence-corrected chi connectivity index (χ1v) is 9.73. The molecule has 1 aromatic carbocycles. The highest BCUT2D eigenvalue weighted by molar-refractivity contribution is 6.35. The lowest BCUT2D eigenvalue weighted by molar-refractivity contribution is -0.153. The lowest BCUT2D eigenvalue weighted by atomic mass is 10.1. The Morgan fingerprint density at radius 3 is 2.15 bits per heavy atom. The Bertz CT molecular complexity index is 770. The van der Waals surface area contributed by atoms with Crippen LogP contribution in [0, 0.1) is 0 Å². The summed E-state index contributed by atoms with van der Waals surface area (Å²) in [5.41, 5.74) is 0.936. The highest BCUT2D eigenvalue weighted by Crippen LogP contribution is 2.31. The molecule has 27 heavy (non-hydrogen) atoms. The van der Waals surface area contributed by atoms with Crippen molar-refractivity contribution < 1.29 is 19.1 Å². The average molecular weight is 392 g/mol. The minimum absolute atomic E-state index is 0.0831. The molecule has 1 unspecified atom stereocenters. The Kier molecular flexibility index (Phi) is 4.95. The number of halogens is 1. The summed E-state index contributed by atoms with van der Waals surface area (Å²) in [5, 5.41) is 0.625. The number of benzene rings is 1. The van der Waals surface area contributed by atoms with E-state index in [0.29, 0.717) is 56.5 Å². The number of amides is 3. The highest BCUT2D eigenvalue weighted by atomic mass is 35.5. The van der Waals surface area contributed by atoms with E-state index in [2.05, 4.69) is 0 Å². The van der Waals surface area contributed by atoms with Crippen LogP contribution in [0.2, 0.25) is 5.02 Å². The molecule has 3 aliphatic heterocycles. The number of hydrogen-bond acceptors (Lipinski definition) is 4. The molecule has 1 aromatic rings. The molecule has 0 spiro atoms. The Morgan fingerprint density at radius 1 is 0.889 bits per heavy atom. The SMILES string of the molecule is O=C(C(=O)N1CCN(C(=O)C2Cc3cc(Cl)ccc3O2)CC1)N1CCCC1. The number of nitrogens with zero attached hydrogens (tertiary/aromatic N) is 3. The van der Waals surface area contributed by atoms with Gasteiger partial charge in [-0.15, -0.1) is 0 Å². The molecule has 2 fully saturated rings. The van der Waals surface area contributed by atoms with E-state index in [9.17, 15) is 14.4 Å². The third kappa shape index (κ3) is 3.60. The third-order valence-electron chi connectivity index (χ3n) is 5.43. The number of ether oxygens (including phenoxy) is 1. The van der Waals surface area contributed by atoms with Crippen molar-refractivity contribution >= 4 is 29.3 Å². The molecule has 0 N–H and O–H groups in total. The number of hydrogen-bond donors (Lipinski definition) is 0. The van der Waals surface area contributed by atoms with E-state index in [1.807, 2.05) is 6.07 Å². The summed E-state index contributed by atoms with van der Waals surface area (Å²) in [6, 6.07) is 5.35. The van der Waals surface area contributed by atoms with Gasteiger partial charge in [0.15, 0.2) is 6.10 Å². The van der Waals surface area contributed by atoms with Crippen LogP contribution >= 0.6 is 11.6 Å². The fourth-order valence-corrected chi connectivity index (χ4v) is 4.07. The second-order valence-corrected chi connectivity index (χ2v) is 7.62. The van der Waals surface area contributed by atoms with Gasteiger partial charge < -0.3 is 19.4 Å². The minimum Gasteiger partial charge on any atom is -0.480 e. The maximum Gasteiger partial charge on any atom is 0.312 e. The maximum atomic E-state index is 12.8. The van der Waals surface area contributed by atoms with Crippen LogP contribution in [0.3, 0.4) is 0 Å². The topological polar surface area (TPSA) is 70.2 Å². The normalized spacial score (nSPS) is 21.8. The predicted octanol–water partition coefficient (Wildman–Crippen LogP) is 0.937. The number of rotatable bonds is 1. The lowest BCUT2D eigenvalue weighted by Crippen LogP contribution is -2.56. The first-order chi connectivity index (χ1) is 13.0. The second-order valence-electron chi connectivity index (χ2n) is 7.18. The van der Waals surface area contributed by atoms with Crippen molar-refractivity contribution in [2.24, 2.45) is 0 Å². The van der Waals surface area contributed by atoms with Gasteiger partial charge in [-0.2, -0.15) is 0 Å². The predicted molar refractivity (Wildman–Crippen MR) is 98.5 cm³/mol. The fourth-order valence-electron chi connectivity index (χ4n) is 3.88. The van der Waals surface area contributed by atoms with Crippen molar-refractivity contribution in [1.29, 1.82) is 0 Å². The Labute approximate surface area is 162 Å². The van der Waals surface area contributed by atoms with Gasteiger partial charge in [0.05, 0.1) is 0 Å². The van der Waals surface area contributed by atoms with Gasteiger partial charge in [0.1, 0.15) is 5.75 Å². The van der Waals surface area contributed by atoms with Gasteiger partial charge in [0, 0.05) is 50.7 Å². The molecule has 8 heteroatoms. The molecule has 0 saturated carbocycles. The summed E-state index contributed by atoms with van der Waals surface area (Å²) < 4.78 is 5.77. The van der Waals surface area contributed by atoms with Crippen molar-refractivity contribution in [3.8, 4) is 5.75 Å². The van der Waals surface area contributed by atoms with E-state index in [0.717, 1.165) is 18.4 Å². The van der Waals surface area contributed by atoms with Crippen molar-refractivity contribution in [2.75, 3.05) is 39.3 Å². The van der Waals surface area contributed by atoms with E-state index in [4.69, 9.17) is 16.3 Å². The summed E-state index contributed by atoms with van der Waals surface area (Å²) in [4.78, 5) is 42.3. The number of carbonyl (C=O) groups excluding carboxylic acids is 3. The molecule has 3 amide bonds. The summed E-state index contributed by atoms with van der Waals surface area (Å²) in [5.74, 6) is -0.259. The number of piperazine rings is 1. The van der Waals surface area contributed by atoms with Gasteiger partial charge in [-0.1, -0.05) is 11.6 Å². The molecular formula is C19H22ClN3O4. The molecule has 1 atom stereocenters. The molecule has 4 rings (SSSR count). The van der Waals surface area contributed by atoms with Gasteiger partial charge in [0.25, 0.3) is 5.91 Å². The lowest BCUT2D eigenvalue weighted by Gasteiger charge is -2.35. The number of likely N-dealkylation sites (tertiary alicyclic amines) is 1. The standard InChI is InChI=1S/C19H22ClN3O4/c20-14-3-4-15-13(11-14)12-16(27-15)17(24)22-7-9-23(10-8-22)19(26)18(25)21-5-1-2-6-21/h3-4,11,16H,1-2,5-10,12H2. The molecule has 144 valence electrons. The van der Waals surface area contributed by atoms with Crippen LogP contribution in [0.15, 0.2) is 18.2 Å². The van der Waals surface area contributed by atoms with Crippen molar-refractivity contribution in [1.82, 2.24) is 14.7 Å². The van der Waals surface area contributed by atoms with E-state index < -0.39 is 17.9 Å². The van der Waals surface area contributed by atoms with Crippen LogP contribution in [0.5, 0.6) is 5.75 Å². The van der Waals surface area contributed by atoms with Gasteiger partial charge in [-0.3, -0.25) is 14.4 Å². The molecule has 0 bridgehead atoms. The maximum absolute atomic E-state index is 12.8. The Hall–Kier alpha value is -2.28. The van der Waals surface area contributed by atoms with E-state index in [-0.39, 0.29) is 5.91 Å². The summed E-state index contributed by atoms with van der Waals surface area (Å²) in [6.45, 7) is 2.88. The summed E-state index contributed by atoms with van der Waals surface area (Å²) in [7, 11) is 0. The van der Waals surface area contributed by atoms with E-state index in [1.165, 1.54) is 0 Å². The number of fused-ring (bicyclic) bond motifs is 1. The van der Waals surface area contributed by atoms with E-state index in [1.54, 1.807) is 26.8 Å². The smallest absolute Gasteiger partial charge is 0.312 e. The van der Waals surface area contributed by atoms with Gasteiger partial charge >= 0.3 is 11.8 Å². The molecule has 0 aliphatic carbocycles. The quantitative estimate of drug-likeness (QED) is 0.668. The van der Waals surface area contributed by atoms with Gasteiger partial charge in [-0.25, -0.2) is 0 Å². The molecule has 3 heterocycles. The van der Waals surface area contributed by atoms with Crippen molar-refractivity contribution in [3.05, 3.63) is 28.8 Å². The molecule has 7 nitrogen and oxygen atoms in total. The van der Waals surface area contributed by atoms with Crippen LogP contribution in [-0.4, -0.2) is 77.8 Å². The van der Waals surface area contributed by atoms with Crippen molar-refractivity contribution in [2.45, 2.75) is 25.4 Å². The zero-order chi connectivity index (χ0) is 19.0. The second kappa shape index (κ2) is 7.38. The average Bonchev–Trinajstić information content (AvgIpc) is 3.36. The van der Waals surface area contributed by atoms with Crippen molar-refractivity contribution in [3.63, 3.8) is 0 Å². The van der Waals surface area contributed by atoms with E-state index >= 15 is 0 Å². The van der Waals surface area contributed by atoms with Crippen LogP contribution in [0.4, 0.5) is 0 Å². The Balaban J connectivity index is 1.31. The zero-order valence-electron chi connectivity index (χ0n) is 15.0. The van der Waals surface area contributed by atoms with Crippen LogP contribution in [0.25, 0.3) is 0 Å². The summed E-state index contributed by atoms with van der Waals surface area (Å²) >= 11 is 6.00. The number of carbonyl (C=O) groups is 3.